The van der Waals surface area contributed by atoms with E-state index in [1.54, 1.807) is 0 Å². The molecule has 1 atom stereocenters. The first-order valence-electron chi connectivity index (χ1n) is 8.13. The number of aryl methyl sites for hydroxylation is 1. The number of nitrogens with two attached hydrogens (primary N) is 1. The second-order valence-electron chi connectivity index (χ2n) is 5.91. The van der Waals surface area contributed by atoms with E-state index in [2.05, 4.69) is 35.4 Å². The average Bonchev–Trinajstić information content (AvgIpc) is 2.97. The van der Waals surface area contributed by atoms with E-state index in [0.717, 1.165) is 35.4 Å². The van der Waals surface area contributed by atoms with Crippen LogP contribution in [0.3, 0.4) is 0 Å². The lowest BCUT2D eigenvalue weighted by molar-refractivity contribution is 0.338. The van der Waals surface area contributed by atoms with Gasteiger partial charge in [0, 0.05) is 11.6 Å². The molecule has 4 nitrogen and oxygen atoms in total. The van der Waals surface area contributed by atoms with Crippen LogP contribution in [-0.4, -0.2) is 22.3 Å². The standard InChI is InChI=1S/C19H23N3O/c1-3-23-18-11-10-17-12-19(21-22(17)13-18)16-8-6-15(7-9-16)5-4-14(2)20/h6-14H,3-5,20H2,1-2H3/t14-/m0/s1. The Morgan fingerprint density at radius 2 is 1.96 bits per heavy atom. The minimum atomic E-state index is 0.243. The van der Waals surface area contributed by atoms with Gasteiger partial charge in [0.1, 0.15) is 5.75 Å². The van der Waals surface area contributed by atoms with E-state index in [1.165, 1.54) is 5.56 Å². The summed E-state index contributed by atoms with van der Waals surface area (Å²) in [6.45, 7) is 4.68. The summed E-state index contributed by atoms with van der Waals surface area (Å²) in [6, 6.07) is 14.9. The molecule has 0 fully saturated rings. The third-order valence-electron chi connectivity index (χ3n) is 3.88. The summed E-state index contributed by atoms with van der Waals surface area (Å²) in [5.41, 5.74) is 10.3. The zero-order valence-electron chi connectivity index (χ0n) is 13.7. The number of nitrogens with zero attached hydrogens (tertiary/aromatic N) is 2. The Labute approximate surface area is 136 Å². The fraction of sp³-hybridized carbons (Fsp3) is 0.316. The van der Waals surface area contributed by atoms with E-state index < -0.39 is 0 Å². The Balaban J connectivity index is 1.82. The lowest BCUT2D eigenvalue weighted by Gasteiger charge is -2.05. The first-order chi connectivity index (χ1) is 11.2. The summed E-state index contributed by atoms with van der Waals surface area (Å²) in [6.07, 6.45) is 3.94. The highest BCUT2D eigenvalue weighted by molar-refractivity contribution is 5.66. The predicted molar refractivity (Wildman–Crippen MR) is 93.8 cm³/mol. The van der Waals surface area contributed by atoms with Crippen LogP contribution in [0.1, 0.15) is 25.8 Å². The maximum Gasteiger partial charge on any atom is 0.137 e. The summed E-state index contributed by atoms with van der Waals surface area (Å²) in [7, 11) is 0. The van der Waals surface area contributed by atoms with Crippen LogP contribution in [-0.2, 0) is 6.42 Å². The second-order valence-corrected chi connectivity index (χ2v) is 5.91. The average molecular weight is 309 g/mol. The van der Waals surface area contributed by atoms with E-state index in [1.807, 2.05) is 36.7 Å². The number of hydrogen-bond acceptors (Lipinski definition) is 3. The summed E-state index contributed by atoms with van der Waals surface area (Å²) in [5.74, 6) is 0.834. The number of fused-ring (bicyclic) bond motifs is 1. The molecule has 0 radical (unpaired) electrons. The highest BCUT2D eigenvalue weighted by Gasteiger charge is 2.06. The third kappa shape index (κ3) is 3.71. The van der Waals surface area contributed by atoms with Gasteiger partial charge in [-0.15, -0.1) is 0 Å². The number of aromatic nitrogens is 2. The van der Waals surface area contributed by atoms with Gasteiger partial charge in [-0.3, -0.25) is 0 Å². The molecule has 2 N–H and O–H groups in total. The summed E-state index contributed by atoms with van der Waals surface area (Å²) in [5, 5.41) is 4.65. The van der Waals surface area contributed by atoms with Crippen molar-refractivity contribution in [2.75, 3.05) is 6.61 Å². The number of rotatable bonds is 6. The first-order valence-corrected chi connectivity index (χ1v) is 8.13. The largest absolute Gasteiger partial charge is 0.492 e. The van der Waals surface area contributed by atoms with E-state index >= 15 is 0 Å². The van der Waals surface area contributed by atoms with Crippen LogP contribution in [0.25, 0.3) is 16.8 Å². The van der Waals surface area contributed by atoms with Gasteiger partial charge in [0.15, 0.2) is 0 Å². The van der Waals surface area contributed by atoms with Gasteiger partial charge in [-0.05, 0) is 50.5 Å². The number of pyridine rings is 1. The molecular weight excluding hydrogens is 286 g/mol. The van der Waals surface area contributed by atoms with Crippen molar-refractivity contribution < 1.29 is 4.74 Å². The topological polar surface area (TPSA) is 52.5 Å². The fourth-order valence-corrected chi connectivity index (χ4v) is 2.60. The molecule has 23 heavy (non-hydrogen) atoms. The van der Waals surface area contributed by atoms with Crippen LogP contribution >= 0.6 is 0 Å². The lowest BCUT2D eigenvalue weighted by Crippen LogP contribution is -2.15. The maximum atomic E-state index is 5.81. The van der Waals surface area contributed by atoms with Gasteiger partial charge in [-0.1, -0.05) is 24.3 Å². The highest BCUT2D eigenvalue weighted by Crippen LogP contribution is 2.22. The molecule has 3 aromatic rings. The summed E-state index contributed by atoms with van der Waals surface area (Å²) in [4.78, 5) is 0. The molecule has 0 spiro atoms. The van der Waals surface area contributed by atoms with Crippen LogP contribution in [0.4, 0.5) is 0 Å². The van der Waals surface area contributed by atoms with Crippen molar-refractivity contribution in [3.05, 3.63) is 54.2 Å². The van der Waals surface area contributed by atoms with Crippen molar-refractivity contribution in [3.8, 4) is 17.0 Å². The molecular formula is C19H23N3O. The van der Waals surface area contributed by atoms with Crippen molar-refractivity contribution >= 4 is 5.52 Å². The Bertz CT molecular complexity index is 775. The van der Waals surface area contributed by atoms with Crippen LogP contribution in [0, 0.1) is 0 Å². The van der Waals surface area contributed by atoms with Gasteiger partial charge in [-0.2, -0.15) is 5.10 Å². The molecule has 3 rings (SSSR count). The van der Waals surface area contributed by atoms with Crippen molar-refractivity contribution in [2.24, 2.45) is 5.73 Å². The van der Waals surface area contributed by atoms with E-state index in [-0.39, 0.29) is 6.04 Å². The zero-order valence-corrected chi connectivity index (χ0v) is 13.7. The van der Waals surface area contributed by atoms with Crippen LogP contribution in [0.5, 0.6) is 5.75 Å². The normalized spacial score (nSPS) is 12.5. The molecule has 4 heteroatoms. The number of ether oxygens (including phenoxy) is 1. The Kier molecular flexibility index (Phi) is 4.63. The lowest BCUT2D eigenvalue weighted by atomic mass is 10.0. The molecule has 1 aromatic carbocycles. The predicted octanol–water partition coefficient (Wildman–Crippen LogP) is 3.68. The van der Waals surface area contributed by atoms with E-state index in [0.29, 0.717) is 6.61 Å². The molecule has 0 bridgehead atoms. The molecule has 0 unspecified atom stereocenters. The van der Waals surface area contributed by atoms with Gasteiger partial charge in [0.05, 0.1) is 24.0 Å². The molecule has 0 saturated heterocycles. The molecule has 2 aromatic heterocycles. The van der Waals surface area contributed by atoms with Crippen molar-refractivity contribution in [1.82, 2.24) is 9.61 Å². The quantitative estimate of drug-likeness (QED) is 0.755. The van der Waals surface area contributed by atoms with E-state index in [9.17, 15) is 0 Å². The molecule has 0 aliphatic carbocycles. The van der Waals surface area contributed by atoms with E-state index in [4.69, 9.17) is 10.5 Å². The summed E-state index contributed by atoms with van der Waals surface area (Å²) < 4.78 is 7.39. The van der Waals surface area contributed by atoms with Crippen molar-refractivity contribution in [2.45, 2.75) is 32.7 Å². The summed E-state index contributed by atoms with van der Waals surface area (Å²) >= 11 is 0. The molecule has 2 heterocycles. The number of hydrogen-bond donors (Lipinski definition) is 1. The fourth-order valence-electron chi connectivity index (χ4n) is 2.60. The number of benzene rings is 1. The highest BCUT2D eigenvalue weighted by atomic mass is 16.5. The Morgan fingerprint density at radius 3 is 2.65 bits per heavy atom. The molecule has 120 valence electrons. The van der Waals surface area contributed by atoms with Gasteiger partial charge >= 0.3 is 0 Å². The monoisotopic (exact) mass is 309 g/mol. The zero-order chi connectivity index (χ0) is 16.2. The Morgan fingerprint density at radius 1 is 1.17 bits per heavy atom. The van der Waals surface area contributed by atoms with Crippen molar-refractivity contribution in [1.29, 1.82) is 0 Å². The molecule has 0 aliphatic heterocycles. The Hall–Kier alpha value is -2.33. The SMILES string of the molecule is CCOc1ccc2cc(-c3ccc(CC[C@H](C)N)cc3)nn2c1. The smallest absolute Gasteiger partial charge is 0.137 e. The molecule has 0 aliphatic rings. The van der Waals surface area contributed by atoms with Crippen LogP contribution in [0.15, 0.2) is 48.7 Å². The van der Waals surface area contributed by atoms with Crippen molar-refractivity contribution in [3.63, 3.8) is 0 Å². The van der Waals surface area contributed by atoms with Gasteiger partial charge in [-0.25, -0.2) is 4.52 Å². The molecule has 0 amide bonds. The first kappa shape index (κ1) is 15.6. The van der Waals surface area contributed by atoms with Gasteiger partial charge in [0.2, 0.25) is 0 Å². The van der Waals surface area contributed by atoms with Crippen LogP contribution in [0.2, 0.25) is 0 Å². The van der Waals surface area contributed by atoms with Crippen LogP contribution < -0.4 is 10.5 Å². The third-order valence-corrected chi connectivity index (χ3v) is 3.88. The second kappa shape index (κ2) is 6.84. The molecule has 0 saturated carbocycles. The minimum absolute atomic E-state index is 0.243. The van der Waals surface area contributed by atoms with Gasteiger partial charge in [0.25, 0.3) is 0 Å². The minimum Gasteiger partial charge on any atom is -0.492 e. The van der Waals surface area contributed by atoms with Gasteiger partial charge < -0.3 is 10.5 Å². The maximum absolute atomic E-state index is 5.81.